The Bertz CT molecular complexity index is 1060. The van der Waals surface area contributed by atoms with Crippen molar-refractivity contribution in [2.24, 2.45) is 0 Å². The lowest BCUT2D eigenvalue weighted by Gasteiger charge is -2.23. The minimum absolute atomic E-state index is 0.0900. The molecule has 3 aromatic rings. The molecular weight excluding hydrogens is 397 g/mol. The number of aryl methyl sites for hydroxylation is 1. The molecule has 1 N–H and O–H groups in total. The molecule has 1 saturated heterocycles. The van der Waals surface area contributed by atoms with Gasteiger partial charge in [0.15, 0.2) is 5.65 Å². The highest BCUT2D eigenvalue weighted by Crippen LogP contribution is 2.35. The molecule has 1 unspecified atom stereocenters. The van der Waals surface area contributed by atoms with E-state index >= 15 is 0 Å². The summed E-state index contributed by atoms with van der Waals surface area (Å²) in [6.45, 7) is 2.84. The zero-order valence-electron chi connectivity index (χ0n) is 16.8. The van der Waals surface area contributed by atoms with E-state index in [0.29, 0.717) is 29.2 Å². The van der Waals surface area contributed by atoms with Gasteiger partial charge in [-0.05, 0) is 50.1 Å². The SMILES string of the molecule is COc1ccc(CN2CCCC2c2cc3nc(C)cc(C(F)(F)F)n3n2)cc1CO. The first-order chi connectivity index (χ1) is 14.3. The fourth-order valence-corrected chi connectivity index (χ4v) is 4.12. The summed E-state index contributed by atoms with van der Waals surface area (Å²) in [4.78, 5) is 6.43. The van der Waals surface area contributed by atoms with Gasteiger partial charge in [-0.15, -0.1) is 0 Å². The largest absolute Gasteiger partial charge is 0.496 e. The Hall–Kier alpha value is -2.65. The van der Waals surface area contributed by atoms with Crippen LogP contribution in [0, 0.1) is 6.92 Å². The minimum atomic E-state index is -4.51. The average molecular weight is 420 g/mol. The third-order valence-electron chi connectivity index (χ3n) is 5.47. The predicted molar refractivity (Wildman–Crippen MR) is 104 cm³/mol. The zero-order chi connectivity index (χ0) is 21.5. The van der Waals surface area contributed by atoms with Crippen molar-refractivity contribution >= 4 is 5.65 Å². The Labute approximate surface area is 171 Å². The Kier molecular flexibility index (Phi) is 5.42. The van der Waals surface area contributed by atoms with E-state index in [0.717, 1.165) is 35.5 Å². The van der Waals surface area contributed by atoms with Gasteiger partial charge in [-0.25, -0.2) is 9.50 Å². The van der Waals surface area contributed by atoms with Crippen LogP contribution in [0.1, 0.15) is 47.1 Å². The number of aliphatic hydroxyl groups is 1. The molecular formula is C21H23F3N4O2. The van der Waals surface area contributed by atoms with E-state index < -0.39 is 11.9 Å². The molecule has 30 heavy (non-hydrogen) atoms. The normalized spacial score (nSPS) is 17.7. The van der Waals surface area contributed by atoms with Gasteiger partial charge in [0.25, 0.3) is 0 Å². The maximum atomic E-state index is 13.5. The van der Waals surface area contributed by atoms with Crippen molar-refractivity contribution in [3.05, 3.63) is 58.5 Å². The molecule has 0 amide bonds. The lowest BCUT2D eigenvalue weighted by molar-refractivity contribution is -0.142. The van der Waals surface area contributed by atoms with E-state index in [4.69, 9.17) is 4.74 Å². The van der Waals surface area contributed by atoms with Crippen LogP contribution in [0.15, 0.2) is 30.3 Å². The van der Waals surface area contributed by atoms with Crippen LogP contribution in [0.2, 0.25) is 0 Å². The maximum Gasteiger partial charge on any atom is 0.433 e. The van der Waals surface area contributed by atoms with Crippen molar-refractivity contribution in [3.8, 4) is 5.75 Å². The van der Waals surface area contributed by atoms with Crippen molar-refractivity contribution in [2.75, 3.05) is 13.7 Å². The van der Waals surface area contributed by atoms with E-state index in [2.05, 4.69) is 15.0 Å². The van der Waals surface area contributed by atoms with Crippen molar-refractivity contribution in [1.82, 2.24) is 19.5 Å². The maximum absolute atomic E-state index is 13.5. The van der Waals surface area contributed by atoms with E-state index in [1.54, 1.807) is 20.1 Å². The second-order valence-electron chi connectivity index (χ2n) is 7.55. The topological polar surface area (TPSA) is 62.9 Å². The number of hydrogen-bond donors (Lipinski definition) is 1. The number of methoxy groups -OCH3 is 1. The highest BCUT2D eigenvalue weighted by atomic mass is 19.4. The summed E-state index contributed by atoms with van der Waals surface area (Å²) in [6, 6.07) is 8.23. The van der Waals surface area contributed by atoms with Crippen LogP contribution < -0.4 is 4.74 Å². The quantitative estimate of drug-likeness (QED) is 0.679. The van der Waals surface area contributed by atoms with Gasteiger partial charge in [-0.3, -0.25) is 4.90 Å². The fourth-order valence-electron chi connectivity index (χ4n) is 4.12. The van der Waals surface area contributed by atoms with Crippen LogP contribution in [-0.2, 0) is 19.3 Å². The molecule has 1 aliphatic heterocycles. The summed E-state index contributed by atoms with van der Waals surface area (Å²) in [5.74, 6) is 0.626. The lowest BCUT2D eigenvalue weighted by Crippen LogP contribution is -2.23. The van der Waals surface area contributed by atoms with Gasteiger partial charge in [0.1, 0.15) is 11.4 Å². The first-order valence-corrected chi connectivity index (χ1v) is 9.75. The van der Waals surface area contributed by atoms with Gasteiger partial charge in [0.2, 0.25) is 0 Å². The lowest BCUT2D eigenvalue weighted by atomic mass is 10.1. The van der Waals surface area contributed by atoms with Crippen LogP contribution in [-0.4, -0.2) is 38.3 Å². The van der Waals surface area contributed by atoms with E-state index in [1.165, 1.54) is 0 Å². The van der Waals surface area contributed by atoms with Crippen molar-refractivity contribution in [3.63, 3.8) is 0 Å². The summed E-state index contributed by atoms with van der Waals surface area (Å²) in [5, 5.41) is 13.8. The van der Waals surface area contributed by atoms with Crippen LogP contribution in [0.4, 0.5) is 13.2 Å². The number of likely N-dealkylation sites (tertiary alicyclic amines) is 1. The number of alkyl halides is 3. The number of nitrogens with zero attached hydrogens (tertiary/aromatic N) is 4. The molecule has 2 aromatic heterocycles. The smallest absolute Gasteiger partial charge is 0.433 e. The molecule has 4 rings (SSSR count). The van der Waals surface area contributed by atoms with Crippen LogP contribution in [0.3, 0.4) is 0 Å². The standard InChI is InChI=1S/C21H23F3N4O2/c1-13-8-19(21(22,23)24)28-20(25-13)10-16(26-28)17-4-3-7-27(17)11-14-5-6-18(30-2)15(9-14)12-29/h5-6,8-10,17,29H,3-4,7,11-12H2,1-2H3. The van der Waals surface area contributed by atoms with Crippen molar-refractivity contribution in [2.45, 2.75) is 45.1 Å². The first-order valence-electron chi connectivity index (χ1n) is 9.75. The molecule has 0 bridgehead atoms. The number of aromatic nitrogens is 3. The highest BCUT2D eigenvalue weighted by molar-refractivity contribution is 5.43. The molecule has 1 aliphatic rings. The van der Waals surface area contributed by atoms with Gasteiger partial charge in [0.05, 0.1) is 25.5 Å². The number of aliphatic hydroxyl groups excluding tert-OH is 1. The minimum Gasteiger partial charge on any atom is -0.496 e. The summed E-state index contributed by atoms with van der Waals surface area (Å²) < 4.78 is 46.5. The molecule has 0 spiro atoms. The van der Waals surface area contributed by atoms with Gasteiger partial charge in [-0.1, -0.05) is 6.07 Å². The Morgan fingerprint density at radius 2 is 2.03 bits per heavy atom. The molecule has 0 radical (unpaired) electrons. The van der Waals surface area contributed by atoms with Crippen LogP contribution >= 0.6 is 0 Å². The van der Waals surface area contributed by atoms with Gasteiger partial charge in [0, 0.05) is 23.9 Å². The molecule has 1 fully saturated rings. The number of fused-ring (bicyclic) bond motifs is 1. The van der Waals surface area contributed by atoms with E-state index in [1.807, 2.05) is 18.2 Å². The van der Waals surface area contributed by atoms with Gasteiger partial charge < -0.3 is 9.84 Å². The first kappa shape index (κ1) is 20.6. The van der Waals surface area contributed by atoms with Crippen molar-refractivity contribution in [1.29, 1.82) is 0 Å². The highest BCUT2D eigenvalue weighted by Gasteiger charge is 2.36. The molecule has 1 aromatic carbocycles. The molecule has 3 heterocycles. The van der Waals surface area contributed by atoms with Crippen molar-refractivity contribution < 1.29 is 23.0 Å². The Morgan fingerprint density at radius 1 is 1.23 bits per heavy atom. The van der Waals surface area contributed by atoms with E-state index in [9.17, 15) is 18.3 Å². The Balaban J connectivity index is 1.65. The average Bonchev–Trinajstić information content (AvgIpc) is 3.32. The molecule has 9 heteroatoms. The van der Waals surface area contributed by atoms with Crippen LogP contribution in [0.5, 0.6) is 5.75 Å². The summed E-state index contributed by atoms with van der Waals surface area (Å²) in [7, 11) is 1.55. The number of benzene rings is 1. The predicted octanol–water partition coefficient (Wildman–Crippen LogP) is 3.89. The third kappa shape index (κ3) is 3.87. The molecule has 0 saturated carbocycles. The molecule has 160 valence electrons. The molecule has 1 atom stereocenters. The van der Waals surface area contributed by atoms with Gasteiger partial charge >= 0.3 is 6.18 Å². The summed E-state index contributed by atoms with van der Waals surface area (Å²) in [5.41, 5.74) is 1.99. The summed E-state index contributed by atoms with van der Waals surface area (Å²) >= 11 is 0. The summed E-state index contributed by atoms with van der Waals surface area (Å²) in [6.07, 6.45) is -2.76. The monoisotopic (exact) mass is 420 g/mol. The second-order valence-corrected chi connectivity index (χ2v) is 7.55. The number of hydrogen-bond acceptors (Lipinski definition) is 5. The van der Waals surface area contributed by atoms with Crippen LogP contribution in [0.25, 0.3) is 5.65 Å². The number of ether oxygens (including phenoxy) is 1. The Morgan fingerprint density at radius 3 is 2.73 bits per heavy atom. The number of rotatable bonds is 5. The number of halogens is 3. The molecule has 0 aliphatic carbocycles. The van der Waals surface area contributed by atoms with Gasteiger partial charge in [-0.2, -0.15) is 18.3 Å². The van der Waals surface area contributed by atoms with E-state index in [-0.39, 0.29) is 18.3 Å². The third-order valence-corrected chi connectivity index (χ3v) is 5.47. The fraction of sp³-hybridized carbons (Fsp3) is 0.429. The second kappa shape index (κ2) is 7.88. The molecule has 6 nitrogen and oxygen atoms in total. The zero-order valence-corrected chi connectivity index (χ0v) is 16.8.